The summed E-state index contributed by atoms with van der Waals surface area (Å²) in [5.74, 6) is 0.455. The summed E-state index contributed by atoms with van der Waals surface area (Å²) in [5, 5.41) is 9.56. The number of hydrogen-bond donors (Lipinski definition) is 1. The lowest BCUT2D eigenvalue weighted by Crippen LogP contribution is -1.94. The van der Waals surface area contributed by atoms with Crippen LogP contribution in [0.2, 0.25) is 0 Å². The Balaban J connectivity index is 2.19. The molecule has 2 rings (SSSR count). The van der Waals surface area contributed by atoms with Gasteiger partial charge in [-0.1, -0.05) is 18.2 Å². The zero-order valence-corrected chi connectivity index (χ0v) is 10.6. The minimum Gasteiger partial charge on any atom is -0.507 e. The summed E-state index contributed by atoms with van der Waals surface area (Å²) >= 11 is 1.08. The van der Waals surface area contributed by atoms with Crippen LogP contribution in [-0.2, 0) is 0 Å². The van der Waals surface area contributed by atoms with E-state index in [4.69, 9.17) is 4.74 Å². The third kappa shape index (κ3) is 2.84. The molecule has 1 N–H and O–H groups in total. The van der Waals surface area contributed by atoms with Crippen LogP contribution in [0.3, 0.4) is 0 Å². The van der Waals surface area contributed by atoms with E-state index in [1.54, 1.807) is 12.1 Å². The summed E-state index contributed by atoms with van der Waals surface area (Å²) in [6.07, 6.45) is 0. The molecule has 18 heavy (non-hydrogen) atoms. The van der Waals surface area contributed by atoms with E-state index in [1.807, 2.05) is 30.3 Å². The average molecular weight is 260 g/mol. The van der Waals surface area contributed by atoms with Crippen LogP contribution in [0.15, 0.2) is 53.4 Å². The molecule has 2 aromatic carbocycles. The lowest BCUT2D eigenvalue weighted by molar-refractivity contribution is 0.108. The summed E-state index contributed by atoms with van der Waals surface area (Å²) in [6.45, 7) is 0. The van der Waals surface area contributed by atoms with Crippen LogP contribution in [0, 0.1) is 0 Å². The number of carbonyl (C=O) groups is 1. The molecule has 0 spiro atoms. The first-order chi connectivity index (χ1) is 8.70. The van der Waals surface area contributed by atoms with Crippen molar-refractivity contribution in [3.8, 4) is 11.5 Å². The Labute approximate surface area is 109 Å². The molecule has 0 radical (unpaired) electrons. The molecular weight excluding hydrogens is 248 g/mol. The third-order valence-electron chi connectivity index (χ3n) is 2.38. The maximum atomic E-state index is 12.0. The van der Waals surface area contributed by atoms with Crippen molar-refractivity contribution in [2.75, 3.05) is 7.11 Å². The number of benzene rings is 2. The summed E-state index contributed by atoms with van der Waals surface area (Å²) in [7, 11) is 1.51. The standard InChI is InChI=1S/C14H12O3S/c1-17-10-7-8-12(13(15)9-10)14(16)18-11-5-3-2-4-6-11/h2-9,15H,1H3. The second-order valence-electron chi connectivity index (χ2n) is 3.59. The molecule has 0 saturated carbocycles. The zero-order valence-electron chi connectivity index (χ0n) is 9.79. The van der Waals surface area contributed by atoms with Crippen molar-refractivity contribution in [3.05, 3.63) is 54.1 Å². The quantitative estimate of drug-likeness (QED) is 0.860. The van der Waals surface area contributed by atoms with E-state index in [0.29, 0.717) is 5.75 Å². The molecule has 0 aliphatic carbocycles. The Morgan fingerprint density at radius 1 is 1.17 bits per heavy atom. The number of aromatic hydroxyl groups is 1. The first-order valence-electron chi connectivity index (χ1n) is 5.35. The monoisotopic (exact) mass is 260 g/mol. The van der Waals surface area contributed by atoms with Gasteiger partial charge >= 0.3 is 0 Å². The smallest absolute Gasteiger partial charge is 0.227 e. The second-order valence-corrected chi connectivity index (χ2v) is 4.63. The largest absolute Gasteiger partial charge is 0.507 e. The number of thioether (sulfide) groups is 1. The Kier molecular flexibility index (Phi) is 3.89. The molecule has 0 aliphatic heterocycles. The summed E-state index contributed by atoms with van der Waals surface area (Å²) in [6, 6.07) is 14.0. The first-order valence-corrected chi connectivity index (χ1v) is 6.16. The highest BCUT2D eigenvalue weighted by atomic mass is 32.2. The fourth-order valence-corrected chi connectivity index (χ4v) is 2.25. The Morgan fingerprint density at radius 2 is 1.89 bits per heavy atom. The van der Waals surface area contributed by atoms with Crippen molar-refractivity contribution < 1.29 is 14.6 Å². The second kappa shape index (κ2) is 5.60. The summed E-state index contributed by atoms with van der Waals surface area (Å²) in [5.41, 5.74) is 0.282. The number of rotatable bonds is 3. The van der Waals surface area contributed by atoms with Gasteiger partial charge in [-0.2, -0.15) is 0 Å². The first kappa shape index (κ1) is 12.5. The van der Waals surface area contributed by atoms with E-state index in [2.05, 4.69) is 0 Å². The number of phenols is 1. The molecule has 0 aliphatic rings. The molecule has 0 atom stereocenters. The fraction of sp³-hybridized carbons (Fsp3) is 0.0714. The number of hydrogen-bond acceptors (Lipinski definition) is 4. The van der Waals surface area contributed by atoms with Crippen molar-refractivity contribution in [2.45, 2.75) is 4.90 Å². The van der Waals surface area contributed by atoms with Gasteiger partial charge in [0.05, 0.1) is 12.7 Å². The van der Waals surface area contributed by atoms with Gasteiger partial charge in [-0.05, 0) is 36.0 Å². The highest BCUT2D eigenvalue weighted by Crippen LogP contribution is 2.29. The van der Waals surface area contributed by atoms with Crippen LogP contribution >= 0.6 is 11.8 Å². The maximum Gasteiger partial charge on any atom is 0.227 e. The number of phenolic OH excluding ortho intramolecular Hbond substituents is 1. The van der Waals surface area contributed by atoms with E-state index in [0.717, 1.165) is 16.7 Å². The number of ether oxygens (including phenoxy) is 1. The van der Waals surface area contributed by atoms with E-state index in [9.17, 15) is 9.90 Å². The van der Waals surface area contributed by atoms with Gasteiger partial charge in [0.2, 0.25) is 5.12 Å². The topological polar surface area (TPSA) is 46.5 Å². The highest BCUT2D eigenvalue weighted by Gasteiger charge is 2.13. The van der Waals surface area contributed by atoms with E-state index in [-0.39, 0.29) is 16.4 Å². The highest BCUT2D eigenvalue weighted by molar-refractivity contribution is 8.14. The van der Waals surface area contributed by atoms with E-state index >= 15 is 0 Å². The molecule has 4 heteroatoms. The van der Waals surface area contributed by atoms with Gasteiger partial charge in [0.25, 0.3) is 0 Å². The molecule has 2 aromatic rings. The predicted octanol–water partition coefficient (Wildman–Crippen LogP) is 3.33. The minimum absolute atomic E-state index is 0.0669. The SMILES string of the molecule is COc1ccc(C(=O)Sc2ccccc2)c(O)c1. The molecule has 0 unspecified atom stereocenters. The Hall–Kier alpha value is -1.94. The molecule has 3 nitrogen and oxygen atoms in total. The lowest BCUT2D eigenvalue weighted by atomic mass is 10.2. The minimum atomic E-state index is -0.193. The van der Waals surface area contributed by atoms with Gasteiger partial charge in [0.1, 0.15) is 11.5 Å². The predicted molar refractivity (Wildman–Crippen MR) is 71.3 cm³/mol. The van der Waals surface area contributed by atoms with Crippen molar-refractivity contribution in [1.29, 1.82) is 0 Å². The summed E-state index contributed by atoms with van der Waals surface area (Å²) < 4.78 is 4.97. The van der Waals surface area contributed by atoms with Crippen LogP contribution in [-0.4, -0.2) is 17.3 Å². The Bertz CT molecular complexity index is 552. The molecule has 0 bridgehead atoms. The van der Waals surface area contributed by atoms with Gasteiger partial charge < -0.3 is 9.84 Å². The zero-order chi connectivity index (χ0) is 13.0. The van der Waals surface area contributed by atoms with Crippen molar-refractivity contribution in [3.63, 3.8) is 0 Å². The fourth-order valence-electron chi connectivity index (χ4n) is 1.46. The Morgan fingerprint density at radius 3 is 2.50 bits per heavy atom. The maximum absolute atomic E-state index is 12.0. The molecule has 0 saturated heterocycles. The number of methoxy groups -OCH3 is 1. The molecule has 0 aromatic heterocycles. The van der Waals surface area contributed by atoms with Crippen molar-refractivity contribution in [2.24, 2.45) is 0 Å². The lowest BCUT2D eigenvalue weighted by Gasteiger charge is -2.05. The van der Waals surface area contributed by atoms with Crippen LogP contribution in [0.25, 0.3) is 0 Å². The van der Waals surface area contributed by atoms with Crippen LogP contribution in [0.5, 0.6) is 11.5 Å². The van der Waals surface area contributed by atoms with Crippen LogP contribution in [0.4, 0.5) is 0 Å². The number of carbonyl (C=O) groups excluding carboxylic acids is 1. The van der Waals surface area contributed by atoms with Crippen LogP contribution < -0.4 is 4.74 Å². The normalized spacial score (nSPS) is 10.1. The molecule has 0 amide bonds. The van der Waals surface area contributed by atoms with Gasteiger partial charge in [-0.15, -0.1) is 0 Å². The van der Waals surface area contributed by atoms with Gasteiger partial charge in [0, 0.05) is 11.0 Å². The van der Waals surface area contributed by atoms with Gasteiger partial charge in [-0.25, -0.2) is 0 Å². The molecule has 0 heterocycles. The molecular formula is C14H12O3S. The summed E-state index contributed by atoms with van der Waals surface area (Å²) in [4.78, 5) is 12.8. The van der Waals surface area contributed by atoms with Crippen molar-refractivity contribution in [1.82, 2.24) is 0 Å². The van der Waals surface area contributed by atoms with E-state index < -0.39 is 0 Å². The average Bonchev–Trinajstić information content (AvgIpc) is 2.39. The van der Waals surface area contributed by atoms with Gasteiger partial charge in [0.15, 0.2) is 0 Å². The van der Waals surface area contributed by atoms with Gasteiger partial charge in [-0.3, -0.25) is 4.79 Å². The molecule has 92 valence electrons. The van der Waals surface area contributed by atoms with Crippen LogP contribution in [0.1, 0.15) is 10.4 Å². The molecule has 0 fully saturated rings. The third-order valence-corrected chi connectivity index (χ3v) is 3.29. The van der Waals surface area contributed by atoms with E-state index in [1.165, 1.54) is 13.2 Å². The van der Waals surface area contributed by atoms with Crippen molar-refractivity contribution >= 4 is 16.9 Å².